The Hall–Kier alpha value is -1.11. The number of carboxylic acid groups (broad SMARTS) is 1. The summed E-state index contributed by atoms with van der Waals surface area (Å²) in [6, 6.07) is 1.76. The molecule has 202 valence electrons. The topological polar surface area (TPSA) is 87.0 Å². The number of aliphatic hydroxyl groups is 2. The third-order valence-electron chi connectivity index (χ3n) is 11.8. The molecular weight excluding hydrogens is 472 g/mol. The zero-order valence-corrected chi connectivity index (χ0v) is 23.3. The molecule has 4 saturated carbocycles. The van der Waals surface area contributed by atoms with Gasteiger partial charge in [0.05, 0.1) is 18.8 Å². The highest BCUT2D eigenvalue weighted by atomic mass is 32.1. The normalized spacial score (nSPS) is 44.8. The van der Waals surface area contributed by atoms with E-state index in [-0.39, 0.29) is 27.9 Å². The Balaban J connectivity index is 1.30. The average molecular weight is 519 g/mol. The van der Waals surface area contributed by atoms with Crippen molar-refractivity contribution >= 4 is 17.3 Å². The molecule has 0 saturated heterocycles. The summed E-state index contributed by atoms with van der Waals surface area (Å²) < 4.78 is 5.92. The molecule has 4 aliphatic carbocycles. The fraction of sp³-hybridized carbons (Fsp3) is 0.833. The van der Waals surface area contributed by atoms with E-state index >= 15 is 0 Å². The quantitative estimate of drug-likeness (QED) is 0.385. The van der Waals surface area contributed by atoms with Crippen molar-refractivity contribution in [3.8, 4) is 5.75 Å². The molecule has 5 nitrogen and oxygen atoms in total. The van der Waals surface area contributed by atoms with E-state index in [9.17, 15) is 20.1 Å². The summed E-state index contributed by atoms with van der Waals surface area (Å²) in [5.74, 6) is 2.93. The Bertz CT molecular complexity index is 946. The summed E-state index contributed by atoms with van der Waals surface area (Å²) in [4.78, 5) is 11.7. The predicted octanol–water partition coefficient (Wildman–Crippen LogP) is 6.48. The summed E-state index contributed by atoms with van der Waals surface area (Å²) in [5, 5.41) is 33.5. The van der Waals surface area contributed by atoms with Gasteiger partial charge in [-0.15, -0.1) is 11.3 Å². The Kier molecular flexibility index (Phi) is 7.28. The van der Waals surface area contributed by atoms with Crippen molar-refractivity contribution in [1.29, 1.82) is 0 Å². The molecule has 1 aromatic heterocycles. The van der Waals surface area contributed by atoms with E-state index in [0.29, 0.717) is 53.8 Å². The number of thiophene rings is 1. The van der Waals surface area contributed by atoms with Crippen LogP contribution in [0.25, 0.3) is 0 Å². The molecule has 6 heteroatoms. The Morgan fingerprint density at radius 1 is 1.11 bits per heavy atom. The van der Waals surface area contributed by atoms with Crippen LogP contribution >= 0.6 is 11.3 Å². The van der Waals surface area contributed by atoms with Crippen molar-refractivity contribution in [2.45, 2.75) is 97.7 Å². The minimum Gasteiger partial charge on any atom is -0.492 e. The van der Waals surface area contributed by atoms with E-state index in [1.165, 1.54) is 37.0 Å². The van der Waals surface area contributed by atoms with E-state index in [4.69, 9.17) is 4.74 Å². The van der Waals surface area contributed by atoms with E-state index in [1.807, 2.05) is 0 Å². The molecule has 0 amide bonds. The second kappa shape index (κ2) is 9.89. The van der Waals surface area contributed by atoms with Gasteiger partial charge in [-0.3, -0.25) is 0 Å². The van der Waals surface area contributed by atoms with Crippen molar-refractivity contribution < 1.29 is 24.9 Å². The van der Waals surface area contributed by atoms with Crippen LogP contribution in [0.3, 0.4) is 0 Å². The van der Waals surface area contributed by atoms with Gasteiger partial charge in [0.1, 0.15) is 5.75 Å². The van der Waals surface area contributed by atoms with E-state index in [2.05, 4.69) is 27.7 Å². The fourth-order valence-electron chi connectivity index (χ4n) is 10.1. The maximum atomic E-state index is 11.9. The minimum absolute atomic E-state index is 0.200. The van der Waals surface area contributed by atoms with Crippen LogP contribution in [0, 0.1) is 52.3 Å². The van der Waals surface area contributed by atoms with Crippen molar-refractivity contribution in [2.75, 3.05) is 6.61 Å². The van der Waals surface area contributed by atoms with Crippen LogP contribution in [-0.2, 0) is 0 Å². The molecule has 11 atom stereocenters. The van der Waals surface area contributed by atoms with Gasteiger partial charge in [0.15, 0.2) is 4.88 Å². The van der Waals surface area contributed by atoms with Crippen LogP contribution in [0.4, 0.5) is 0 Å². The number of hydrogen-bond acceptors (Lipinski definition) is 5. The number of ether oxygens (including phenoxy) is 1. The number of aromatic carboxylic acids is 1. The standard InChI is InChI=1S/C30H46O5S/c1-5-19-23-16-18(31)8-12-30(23,4)22-9-13-29(3)20(6-7-21(29)25(22)26(19)32)17(2)10-14-35-24-11-15-36-27(24)28(33)34/h11,15,17-23,25-26,31-32H,5-10,12-14,16H2,1-4H3,(H,33,34)/t17-,18-,19-,20-,21+,22+,23+,25+,26-,29-,30-/m1/s1. The maximum Gasteiger partial charge on any atom is 0.349 e. The number of aliphatic hydroxyl groups excluding tert-OH is 2. The lowest BCUT2D eigenvalue weighted by molar-refractivity contribution is -0.203. The Morgan fingerprint density at radius 3 is 2.56 bits per heavy atom. The second-order valence-corrected chi connectivity index (χ2v) is 14.1. The van der Waals surface area contributed by atoms with Gasteiger partial charge >= 0.3 is 5.97 Å². The SMILES string of the molecule is CC[C@H]1[C@@H](O)[C@@H]2[C@H](CC[C@]3(C)[C@@H]([C@H](C)CCOc4ccsc4C(=O)O)CC[C@@H]23)[C@@]2(C)CC[C@@H](O)C[C@@H]12. The first-order valence-electron chi connectivity index (χ1n) is 14.4. The number of rotatable bonds is 7. The molecule has 1 aromatic rings. The molecule has 0 radical (unpaired) electrons. The molecule has 4 aliphatic rings. The summed E-state index contributed by atoms with van der Waals surface area (Å²) in [5.41, 5.74) is 0.483. The summed E-state index contributed by atoms with van der Waals surface area (Å²) >= 11 is 1.21. The van der Waals surface area contributed by atoms with Crippen LogP contribution in [-0.4, -0.2) is 40.1 Å². The largest absolute Gasteiger partial charge is 0.492 e. The molecule has 0 aromatic carbocycles. The van der Waals surface area contributed by atoms with Crippen molar-refractivity contribution in [1.82, 2.24) is 0 Å². The van der Waals surface area contributed by atoms with Crippen molar-refractivity contribution in [3.05, 3.63) is 16.3 Å². The van der Waals surface area contributed by atoms with Gasteiger partial charge in [-0.1, -0.05) is 34.1 Å². The molecule has 1 heterocycles. The van der Waals surface area contributed by atoms with Gasteiger partial charge in [0.2, 0.25) is 0 Å². The van der Waals surface area contributed by atoms with Gasteiger partial charge in [-0.2, -0.15) is 0 Å². The van der Waals surface area contributed by atoms with Gasteiger partial charge in [0.25, 0.3) is 0 Å². The third kappa shape index (κ3) is 4.14. The van der Waals surface area contributed by atoms with Gasteiger partial charge in [-0.05, 0) is 115 Å². The molecule has 0 aliphatic heterocycles. The summed E-state index contributed by atoms with van der Waals surface area (Å²) in [6.07, 6.45) is 9.21. The molecule has 0 unspecified atom stereocenters. The zero-order chi connectivity index (χ0) is 25.8. The molecule has 36 heavy (non-hydrogen) atoms. The van der Waals surface area contributed by atoms with E-state index < -0.39 is 5.97 Å². The molecule has 3 N–H and O–H groups in total. The van der Waals surface area contributed by atoms with Gasteiger partial charge < -0.3 is 20.1 Å². The number of carbonyl (C=O) groups is 1. The number of hydrogen-bond donors (Lipinski definition) is 3. The molecule has 0 bridgehead atoms. The number of carboxylic acids is 1. The first kappa shape index (κ1) is 26.5. The molecule has 5 rings (SSSR count). The van der Waals surface area contributed by atoms with Crippen LogP contribution in [0.5, 0.6) is 5.75 Å². The lowest BCUT2D eigenvalue weighted by Gasteiger charge is -2.64. The first-order chi connectivity index (χ1) is 17.1. The summed E-state index contributed by atoms with van der Waals surface area (Å²) in [6.45, 7) is 10.1. The highest BCUT2D eigenvalue weighted by molar-refractivity contribution is 7.12. The fourth-order valence-corrected chi connectivity index (χ4v) is 10.7. The molecule has 0 spiro atoms. The third-order valence-corrected chi connectivity index (χ3v) is 12.7. The lowest BCUT2D eigenvalue weighted by atomic mass is 9.41. The smallest absolute Gasteiger partial charge is 0.349 e. The highest BCUT2D eigenvalue weighted by Gasteiger charge is 2.64. The predicted molar refractivity (Wildman–Crippen MR) is 142 cm³/mol. The van der Waals surface area contributed by atoms with Crippen LogP contribution in [0.2, 0.25) is 0 Å². The van der Waals surface area contributed by atoms with Gasteiger partial charge in [0, 0.05) is 0 Å². The van der Waals surface area contributed by atoms with E-state index in [0.717, 1.165) is 32.1 Å². The van der Waals surface area contributed by atoms with Gasteiger partial charge in [-0.25, -0.2) is 4.79 Å². The molecule has 4 fully saturated rings. The van der Waals surface area contributed by atoms with Crippen molar-refractivity contribution in [2.24, 2.45) is 52.3 Å². The first-order valence-corrected chi connectivity index (χ1v) is 15.3. The van der Waals surface area contributed by atoms with Crippen LogP contribution < -0.4 is 4.74 Å². The average Bonchev–Trinajstić information content (AvgIpc) is 3.44. The van der Waals surface area contributed by atoms with Crippen molar-refractivity contribution in [3.63, 3.8) is 0 Å². The van der Waals surface area contributed by atoms with Crippen LogP contribution in [0.1, 0.15) is 95.2 Å². The maximum absolute atomic E-state index is 11.9. The molecular formula is C30H46O5S. The zero-order valence-electron chi connectivity index (χ0n) is 22.5. The summed E-state index contributed by atoms with van der Waals surface area (Å²) in [7, 11) is 0. The van der Waals surface area contributed by atoms with E-state index in [1.54, 1.807) is 11.4 Å². The monoisotopic (exact) mass is 518 g/mol. The highest BCUT2D eigenvalue weighted by Crippen LogP contribution is 2.69. The number of fused-ring (bicyclic) bond motifs is 5. The Morgan fingerprint density at radius 2 is 1.83 bits per heavy atom. The van der Waals surface area contributed by atoms with Crippen LogP contribution in [0.15, 0.2) is 11.4 Å². The minimum atomic E-state index is -0.921. The second-order valence-electron chi connectivity index (χ2n) is 13.2. The lowest BCUT2D eigenvalue weighted by Crippen LogP contribution is -2.62. The Labute approximate surface area is 220 Å².